The van der Waals surface area contributed by atoms with Crippen LogP contribution in [0.1, 0.15) is 46.6 Å². The third kappa shape index (κ3) is 5.33. The van der Waals surface area contributed by atoms with Crippen LogP contribution in [0.25, 0.3) is 0 Å². The van der Waals surface area contributed by atoms with E-state index in [0.29, 0.717) is 18.5 Å². The molecule has 35 heavy (non-hydrogen) atoms. The molecule has 0 amide bonds. The SMILES string of the molecule is Fc1ccc2c(c1)CCc1cc(F)ccc1C2C1CCCN(SNc2ccc(C(F)(F)F)cc2)C1. The topological polar surface area (TPSA) is 15.3 Å². The van der Waals surface area contributed by atoms with Gasteiger partial charge in [0.2, 0.25) is 0 Å². The fourth-order valence-corrected chi connectivity index (χ4v) is 6.16. The molecule has 2 nitrogen and oxygen atoms in total. The van der Waals surface area contributed by atoms with E-state index < -0.39 is 11.7 Å². The molecule has 1 saturated heterocycles. The van der Waals surface area contributed by atoms with Crippen LogP contribution in [0, 0.1) is 17.6 Å². The van der Waals surface area contributed by atoms with E-state index in [1.165, 1.54) is 36.4 Å². The van der Waals surface area contributed by atoms with Crippen molar-refractivity contribution in [1.82, 2.24) is 4.31 Å². The summed E-state index contributed by atoms with van der Waals surface area (Å²) in [5.74, 6) is -0.266. The highest BCUT2D eigenvalue weighted by Gasteiger charge is 2.34. The first kappa shape index (κ1) is 24.1. The molecule has 184 valence electrons. The zero-order valence-electron chi connectivity index (χ0n) is 18.9. The molecule has 1 fully saturated rings. The van der Waals surface area contributed by atoms with Gasteiger partial charge in [0.1, 0.15) is 11.6 Å². The fraction of sp³-hybridized carbons (Fsp3) is 0.333. The second kappa shape index (κ2) is 9.82. The second-order valence-electron chi connectivity index (χ2n) is 9.22. The van der Waals surface area contributed by atoms with Gasteiger partial charge in [-0.2, -0.15) is 13.2 Å². The molecule has 0 bridgehead atoms. The molecule has 0 aromatic heterocycles. The van der Waals surface area contributed by atoms with Crippen molar-refractivity contribution >= 4 is 17.8 Å². The monoisotopic (exact) mass is 504 g/mol. The lowest BCUT2D eigenvalue weighted by Gasteiger charge is -2.37. The highest BCUT2D eigenvalue weighted by Crippen LogP contribution is 2.43. The highest BCUT2D eigenvalue weighted by atomic mass is 32.2. The van der Waals surface area contributed by atoms with Crippen LogP contribution < -0.4 is 4.72 Å². The number of aryl methyl sites for hydroxylation is 2. The number of rotatable bonds is 4. The van der Waals surface area contributed by atoms with Gasteiger partial charge in [-0.25, -0.2) is 13.1 Å². The molecule has 3 aromatic carbocycles. The molecule has 0 saturated carbocycles. The molecule has 0 radical (unpaired) electrons. The van der Waals surface area contributed by atoms with Crippen LogP contribution in [0.2, 0.25) is 0 Å². The van der Waals surface area contributed by atoms with Crippen molar-refractivity contribution in [3.05, 3.63) is 100 Å². The molecule has 1 atom stereocenters. The Hall–Kier alpha value is -2.58. The van der Waals surface area contributed by atoms with Crippen LogP contribution >= 0.6 is 12.1 Å². The van der Waals surface area contributed by atoms with E-state index in [0.717, 1.165) is 60.3 Å². The van der Waals surface area contributed by atoms with E-state index in [9.17, 15) is 22.0 Å². The smallest absolute Gasteiger partial charge is 0.317 e. The lowest BCUT2D eigenvalue weighted by molar-refractivity contribution is -0.137. The molecule has 3 aromatic rings. The van der Waals surface area contributed by atoms with Crippen molar-refractivity contribution < 1.29 is 22.0 Å². The molecule has 1 aliphatic carbocycles. The van der Waals surface area contributed by atoms with Crippen molar-refractivity contribution in [2.24, 2.45) is 5.92 Å². The third-order valence-corrected chi connectivity index (χ3v) is 7.86. The molecule has 5 rings (SSSR count). The lowest BCUT2D eigenvalue weighted by atomic mass is 9.75. The van der Waals surface area contributed by atoms with Gasteiger partial charge >= 0.3 is 6.18 Å². The molecule has 0 spiro atoms. The van der Waals surface area contributed by atoms with E-state index in [1.807, 2.05) is 12.1 Å². The number of fused-ring (bicyclic) bond motifs is 2. The predicted octanol–water partition coefficient (Wildman–Crippen LogP) is 7.60. The number of benzene rings is 3. The molecular formula is C27H25F5N2S. The summed E-state index contributed by atoms with van der Waals surface area (Å²) in [5, 5.41) is 0. The number of alkyl halides is 3. The number of hydrogen-bond donors (Lipinski definition) is 1. The first-order valence-corrected chi connectivity index (χ1v) is 12.5. The van der Waals surface area contributed by atoms with Gasteiger partial charge in [0, 0.05) is 36.8 Å². The fourth-order valence-electron chi connectivity index (χ4n) is 5.31. The quantitative estimate of drug-likeness (QED) is 0.291. The first-order valence-electron chi connectivity index (χ1n) is 11.7. The maximum atomic E-state index is 14.1. The van der Waals surface area contributed by atoms with E-state index in [4.69, 9.17) is 0 Å². The summed E-state index contributed by atoms with van der Waals surface area (Å²) < 4.78 is 71.9. The van der Waals surface area contributed by atoms with Gasteiger partial charge < -0.3 is 4.72 Å². The first-order chi connectivity index (χ1) is 16.8. The van der Waals surface area contributed by atoms with Crippen LogP contribution in [0.5, 0.6) is 0 Å². The molecule has 1 aliphatic heterocycles. The van der Waals surface area contributed by atoms with Gasteiger partial charge in [0.25, 0.3) is 0 Å². The standard InChI is InChI=1S/C27H25F5N2S/c28-21-7-11-24-17(14-21)3-4-18-15-22(29)8-12-25(18)26(24)19-2-1-13-34(16-19)35-33-23-9-5-20(6-10-23)27(30,31)32/h5-12,14-15,19,26,33H,1-4,13,16H2. The van der Waals surface area contributed by atoms with Crippen molar-refractivity contribution in [3.63, 3.8) is 0 Å². The number of piperidine rings is 1. The van der Waals surface area contributed by atoms with E-state index in [1.54, 1.807) is 12.1 Å². The minimum absolute atomic E-state index is 0.0261. The van der Waals surface area contributed by atoms with E-state index in [2.05, 4.69) is 9.03 Å². The lowest BCUT2D eigenvalue weighted by Crippen LogP contribution is -2.35. The van der Waals surface area contributed by atoms with Crippen LogP contribution in [-0.4, -0.2) is 17.4 Å². The summed E-state index contributed by atoms with van der Waals surface area (Å²) in [6, 6.07) is 15.0. The van der Waals surface area contributed by atoms with Crippen LogP contribution in [0.15, 0.2) is 60.7 Å². The van der Waals surface area contributed by atoms with Crippen molar-refractivity contribution in [2.75, 3.05) is 17.8 Å². The van der Waals surface area contributed by atoms with Gasteiger partial charge in [-0.1, -0.05) is 12.1 Å². The number of nitrogens with one attached hydrogen (secondary N) is 1. The van der Waals surface area contributed by atoms with Crippen LogP contribution in [0.4, 0.5) is 27.6 Å². The van der Waals surface area contributed by atoms with Gasteiger partial charge in [-0.05, 0) is 102 Å². The van der Waals surface area contributed by atoms with E-state index >= 15 is 0 Å². The minimum Gasteiger partial charge on any atom is -0.317 e. The predicted molar refractivity (Wildman–Crippen MR) is 129 cm³/mol. The average Bonchev–Trinajstić information content (AvgIpc) is 2.99. The molecule has 8 heteroatoms. The van der Waals surface area contributed by atoms with Crippen molar-refractivity contribution in [3.8, 4) is 0 Å². The Morgan fingerprint density at radius 1 is 0.829 bits per heavy atom. The number of anilines is 1. The summed E-state index contributed by atoms with van der Waals surface area (Å²) in [6.45, 7) is 1.59. The zero-order chi connectivity index (χ0) is 24.6. The molecule has 1 unspecified atom stereocenters. The van der Waals surface area contributed by atoms with Gasteiger partial charge in [0.05, 0.1) is 5.56 Å². The Labute approximate surface area is 205 Å². The van der Waals surface area contributed by atoms with Crippen LogP contribution in [0.3, 0.4) is 0 Å². The Morgan fingerprint density at radius 3 is 2.00 bits per heavy atom. The molecule has 1 heterocycles. The Morgan fingerprint density at radius 2 is 1.43 bits per heavy atom. The zero-order valence-corrected chi connectivity index (χ0v) is 19.7. The van der Waals surface area contributed by atoms with Crippen molar-refractivity contribution in [2.45, 2.75) is 37.8 Å². The van der Waals surface area contributed by atoms with E-state index in [-0.39, 0.29) is 23.5 Å². The summed E-state index contributed by atoms with van der Waals surface area (Å²) in [6.07, 6.45) is -1.09. The second-order valence-corrected chi connectivity index (χ2v) is 10.1. The minimum atomic E-state index is -4.36. The summed E-state index contributed by atoms with van der Waals surface area (Å²) in [7, 11) is 0. The average molecular weight is 505 g/mol. The summed E-state index contributed by atoms with van der Waals surface area (Å²) in [4.78, 5) is 0. The molecule has 1 N–H and O–H groups in total. The van der Waals surface area contributed by atoms with Crippen LogP contribution in [-0.2, 0) is 19.0 Å². The number of nitrogens with zero attached hydrogens (tertiary/aromatic N) is 1. The Balaban J connectivity index is 1.36. The van der Waals surface area contributed by atoms with Crippen molar-refractivity contribution in [1.29, 1.82) is 0 Å². The number of halogens is 5. The number of hydrogen-bond acceptors (Lipinski definition) is 3. The maximum Gasteiger partial charge on any atom is 0.416 e. The molecule has 2 aliphatic rings. The largest absolute Gasteiger partial charge is 0.416 e. The summed E-state index contributed by atoms with van der Waals surface area (Å²) >= 11 is 1.39. The molecular weight excluding hydrogens is 479 g/mol. The maximum absolute atomic E-state index is 14.1. The highest BCUT2D eigenvalue weighted by molar-refractivity contribution is 7.98. The summed E-state index contributed by atoms with van der Waals surface area (Å²) in [5.41, 5.74) is 4.07. The van der Waals surface area contributed by atoms with Gasteiger partial charge in [-0.3, -0.25) is 0 Å². The Kier molecular flexibility index (Phi) is 6.77. The third-order valence-electron chi connectivity index (χ3n) is 6.94. The van der Waals surface area contributed by atoms with Gasteiger partial charge in [0.15, 0.2) is 0 Å². The van der Waals surface area contributed by atoms with Gasteiger partial charge in [-0.15, -0.1) is 0 Å². The Bertz CT molecular complexity index is 1140. The normalized spacial score (nSPS) is 19.1.